The Hall–Kier alpha value is -2.14. The van der Waals surface area contributed by atoms with Crippen molar-refractivity contribution in [3.05, 3.63) is 41.7 Å². The quantitative estimate of drug-likeness (QED) is 0.857. The van der Waals surface area contributed by atoms with Crippen molar-refractivity contribution >= 4 is 5.97 Å². The molecule has 0 saturated heterocycles. The molecule has 0 fully saturated rings. The van der Waals surface area contributed by atoms with Crippen LogP contribution in [0.15, 0.2) is 30.5 Å². The molecule has 0 amide bonds. The summed E-state index contributed by atoms with van der Waals surface area (Å²) in [5, 5.41) is 18.8. The van der Waals surface area contributed by atoms with Crippen molar-refractivity contribution in [3.63, 3.8) is 0 Å². The maximum atomic E-state index is 11.0. The van der Waals surface area contributed by atoms with Gasteiger partial charge < -0.3 is 14.8 Å². The van der Waals surface area contributed by atoms with Gasteiger partial charge in [0.2, 0.25) is 0 Å². The SMILES string of the molecule is O=C(O)c1cccc(-c2ncc3n2CC(O)CC3)c1. The zero-order valence-corrected chi connectivity index (χ0v) is 10.3. The Morgan fingerprint density at radius 3 is 3.05 bits per heavy atom. The van der Waals surface area contributed by atoms with Crippen LogP contribution in [0, 0.1) is 0 Å². The number of hydrogen-bond acceptors (Lipinski definition) is 3. The van der Waals surface area contributed by atoms with E-state index in [1.54, 1.807) is 24.4 Å². The molecule has 0 bridgehead atoms. The first-order valence-corrected chi connectivity index (χ1v) is 6.21. The van der Waals surface area contributed by atoms with Crippen LogP contribution in [0.25, 0.3) is 11.4 Å². The summed E-state index contributed by atoms with van der Waals surface area (Å²) in [4.78, 5) is 15.4. The lowest BCUT2D eigenvalue weighted by atomic mass is 10.1. The molecule has 1 unspecified atom stereocenters. The predicted octanol–water partition coefficient (Wildman–Crippen LogP) is 1.56. The number of carbonyl (C=O) groups is 1. The standard InChI is InChI=1S/C14H14N2O3/c17-12-5-4-11-7-15-13(16(11)8-12)9-2-1-3-10(6-9)14(18)19/h1-3,6-7,12,17H,4-5,8H2,(H,18,19). The van der Waals surface area contributed by atoms with Gasteiger partial charge in [0.15, 0.2) is 0 Å². The molecule has 2 N–H and O–H groups in total. The summed E-state index contributed by atoms with van der Waals surface area (Å²) >= 11 is 0. The number of aromatic carboxylic acids is 1. The molecule has 0 spiro atoms. The lowest BCUT2D eigenvalue weighted by Crippen LogP contribution is -2.24. The Balaban J connectivity index is 2.05. The predicted molar refractivity (Wildman–Crippen MR) is 69.0 cm³/mol. The second-order valence-corrected chi connectivity index (χ2v) is 4.76. The Kier molecular flexibility index (Phi) is 2.83. The van der Waals surface area contributed by atoms with Gasteiger partial charge in [-0.15, -0.1) is 0 Å². The summed E-state index contributed by atoms with van der Waals surface area (Å²) in [6.07, 6.45) is 2.99. The Morgan fingerprint density at radius 2 is 2.26 bits per heavy atom. The van der Waals surface area contributed by atoms with Gasteiger partial charge in [0.05, 0.1) is 18.2 Å². The molecule has 2 aromatic rings. The average Bonchev–Trinajstić information content (AvgIpc) is 2.81. The summed E-state index contributed by atoms with van der Waals surface area (Å²) in [7, 11) is 0. The monoisotopic (exact) mass is 258 g/mol. The highest BCUT2D eigenvalue weighted by Gasteiger charge is 2.20. The van der Waals surface area contributed by atoms with Gasteiger partial charge in [-0.3, -0.25) is 0 Å². The third-order valence-electron chi connectivity index (χ3n) is 3.43. The van der Waals surface area contributed by atoms with Gasteiger partial charge in [0, 0.05) is 17.5 Å². The molecule has 1 aromatic carbocycles. The first-order valence-electron chi connectivity index (χ1n) is 6.21. The number of aliphatic hydroxyl groups is 1. The largest absolute Gasteiger partial charge is 0.478 e. The van der Waals surface area contributed by atoms with Crippen LogP contribution in [-0.2, 0) is 13.0 Å². The van der Waals surface area contributed by atoms with Crippen LogP contribution in [0.5, 0.6) is 0 Å². The average molecular weight is 258 g/mol. The van der Waals surface area contributed by atoms with Crippen molar-refractivity contribution in [3.8, 4) is 11.4 Å². The number of benzene rings is 1. The fourth-order valence-electron chi connectivity index (χ4n) is 2.45. The fourth-order valence-corrected chi connectivity index (χ4v) is 2.45. The van der Waals surface area contributed by atoms with Crippen molar-refractivity contribution in [2.45, 2.75) is 25.5 Å². The number of aryl methyl sites for hydroxylation is 1. The van der Waals surface area contributed by atoms with Crippen LogP contribution in [0.1, 0.15) is 22.5 Å². The van der Waals surface area contributed by atoms with Gasteiger partial charge in [0.25, 0.3) is 0 Å². The van der Waals surface area contributed by atoms with E-state index in [1.165, 1.54) is 0 Å². The summed E-state index contributed by atoms with van der Waals surface area (Å²) in [6, 6.07) is 6.71. The van der Waals surface area contributed by atoms with Crippen molar-refractivity contribution in [2.24, 2.45) is 0 Å². The molecule has 1 atom stereocenters. The molecule has 1 aliphatic rings. The van der Waals surface area contributed by atoms with E-state index in [9.17, 15) is 9.90 Å². The van der Waals surface area contributed by atoms with E-state index in [1.807, 2.05) is 10.6 Å². The first-order chi connectivity index (χ1) is 9.15. The third-order valence-corrected chi connectivity index (χ3v) is 3.43. The van der Waals surface area contributed by atoms with Gasteiger partial charge in [-0.05, 0) is 25.0 Å². The molecule has 2 heterocycles. The Morgan fingerprint density at radius 1 is 1.42 bits per heavy atom. The maximum Gasteiger partial charge on any atom is 0.335 e. The topological polar surface area (TPSA) is 75.3 Å². The number of rotatable bonds is 2. The van der Waals surface area contributed by atoms with Gasteiger partial charge in [-0.1, -0.05) is 12.1 Å². The van der Waals surface area contributed by atoms with E-state index in [0.717, 1.165) is 29.9 Å². The van der Waals surface area contributed by atoms with E-state index in [-0.39, 0.29) is 11.7 Å². The second-order valence-electron chi connectivity index (χ2n) is 4.76. The number of carboxylic acid groups (broad SMARTS) is 1. The van der Waals surface area contributed by atoms with Crippen LogP contribution in [0.2, 0.25) is 0 Å². The smallest absolute Gasteiger partial charge is 0.335 e. The minimum atomic E-state index is -0.952. The number of fused-ring (bicyclic) bond motifs is 1. The number of aliphatic hydroxyl groups excluding tert-OH is 1. The lowest BCUT2D eigenvalue weighted by molar-refractivity contribution is 0.0697. The minimum Gasteiger partial charge on any atom is -0.478 e. The van der Waals surface area contributed by atoms with Crippen molar-refractivity contribution in [2.75, 3.05) is 0 Å². The van der Waals surface area contributed by atoms with Gasteiger partial charge in [-0.25, -0.2) is 9.78 Å². The Labute approximate surface area is 110 Å². The van der Waals surface area contributed by atoms with Crippen LogP contribution in [0.4, 0.5) is 0 Å². The summed E-state index contributed by atoms with van der Waals surface area (Å²) < 4.78 is 1.97. The van der Waals surface area contributed by atoms with E-state index < -0.39 is 5.97 Å². The zero-order valence-electron chi connectivity index (χ0n) is 10.3. The maximum absolute atomic E-state index is 11.0. The van der Waals surface area contributed by atoms with Crippen molar-refractivity contribution in [1.82, 2.24) is 9.55 Å². The van der Waals surface area contributed by atoms with Crippen LogP contribution < -0.4 is 0 Å². The molecule has 98 valence electrons. The normalized spacial score (nSPS) is 18.1. The molecule has 1 aromatic heterocycles. The van der Waals surface area contributed by atoms with Crippen molar-refractivity contribution in [1.29, 1.82) is 0 Å². The number of imidazole rings is 1. The molecule has 5 nitrogen and oxygen atoms in total. The van der Waals surface area contributed by atoms with Crippen LogP contribution in [-0.4, -0.2) is 31.8 Å². The highest BCUT2D eigenvalue weighted by molar-refractivity contribution is 5.89. The molecule has 19 heavy (non-hydrogen) atoms. The number of aromatic nitrogens is 2. The number of carboxylic acids is 1. The van der Waals surface area contributed by atoms with Gasteiger partial charge in [0.1, 0.15) is 5.82 Å². The molecule has 0 radical (unpaired) electrons. The third kappa shape index (κ3) is 2.13. The highest BCUT2D eigenvalue weighted by Crippen LogP contribution is 2.25. The summed E-state index contributed by atoms with van der Waals surface area (Å²) in [5.74, 6) is -0.232. The summed E-state index contributed by atoms with van der Waals surface area (Å²) in [6.45, 7) is 0.516. The van der Waals surface area contributed by atoms with E-state index in [0.29, 0.717) is 6.54 Å². The molecule has 0 aliphatic carbocycles. The minimum absolute atomic E-state index is 0.242. The summed E-state index contributed by atoms with van der Waals surface area (Å²) in [5.41, 5.74) is 2.09. The van der Waals surface area contributed by atoms with Gasteiger partial charge in [-0.2, -0.15) is 0 Å². The Bertz CT molecular complexity index is 633. The molecule has 1 aliphatic heterocycles. The molecule has 3 rings (SSSR count). The lowest BCUT2D eigenvalue weighted by Gasteiger charge is -2.21. The van der Waals surface area contributed by atoms with Crippen LogP contribution in [0.3, 0.4) is 0 Å². The van der Waals surface area contributed by atoms with Gasteiger partial charge >= 0.3 is 5.97 Å². The van der Waals surface area contributed by atoms with Crippen molar-refractivity contribution < 1.29 is 15.0 Å². The second kappa shape index (κ2) is 4.51. The molecule has 5 heteroatoms. The highest BCUT2D eigenvalue weighted by atomic mass is 16.4. The zero-order chi connectivity index (χ0) is 13.4. The number of nitrogens with zero attached hydrogens (tertiary/aromatic N) is 2. The van der Waals surface area contributed by atoms with E-state index >= 15 is 0 Å². The molecular formula is C14H14N2O3. The molecule has 0 saturated carbocycles. The fraction of sp³-hybridized carbons (Fsp3) is 0.286. The van der Waals surface area contributed by atoms with Crippen LogP contribution >= 0.6 is 0 Å². The van der Waals surface area contributed by atoms with E-state index in [2.05, 4.69) is 4.98 Å². The van der Waals surface area contributed by atoms with E-state index in [4.69, 9.17) is 5.11 Å². The number of hydrogen-bond donors (Lipinski definition) is 2. The molecular weight excluding hydrogens is 244 g/mol. The first kappa shape index (κ1) is 11.9.